The lowest BCUT2D eigenvalue weighted by molar-refractivity contribution is -0.142. The minimum Gasteiger partial charge on any atom is -0.480 e. The molecule has 0 radical (unpaired) electrons. The molecule has 1 aliphatic rings. The molecule has 1 aromatic rings. The van der Waals surface area contributed by atoms with Gasteiger partial charge < -0.3 is 20.3 Å². The van der Waals surface area contributed by atoms with E-state index in [1.165, 1.54) is 0 Å². The third-order valence-corrected chi connectivity index (χ3v) is 3.83. The molecule has 0 aromatic carbocycles. The molecule has 0 aliphatic heterocycles. The second-order valence-electron chi connectivity index (χ2n) is 4.80. The van der Waals surface area contributed by atoms with E-state index in [2.05, 4.69) is 15.8 Å². The first-order chi connectivity index (χ1) is 9.91. The predicted molar refractivity (Wildman–Crippen MR) is 74.9 cm³/mol. The number of rotatable bonds is 7. The summed E-state index contributed by atoms with van der Waals surface area (Å²) in [5.41, 5.74) is -1.09. The summed E-state index contributed by atoms with van der Waals surface area (Å²) in [5, 5.41) is 17.5. The van der Waals surface area contributed by atoms with Crippen LogP contribution in [0.15, 0.2) is 10.6 Å². The van der Waals surface area contributed by atoms with Crippen molar-refractivity contribution in [1.29, 1.82) is 0 Å². The molecule has 2 amide bonds. The van der Waals surface area contributed by atoms with Gasteiger partial charge >= 0.3 is 5.97 Å². The van der Waals surface area contributed by atoms with E-state index in [1.807, 2.05) is 0 Å². The number of carbonyl (C=O) groups excluding carboxylic acids is 2. The summed E-state index contributed by atoms with van der Waals surface area (Å²) < 4.78 is 4.80. The number of amides is 2. The third-order valence-electron chi connectivity index (χ3n) is 2.90. The Labute approximate surface area is 124 Å². The third kappa shape index (κ3) is 4.22. The van der Waals surface area contributed by atoms with Crippen LogP contribution in [0, 0.1) is 6.92 Å². The topological polar surface area (TPSA) is 122 Å². The molecule has 1 heterocycles. The molecule has 2 rings (SSSR count). The monoisotopic (exact) mass is 313 g/mol. The number of carbonyl (C=O) groups is 3. The van der Waals surface area contributed by atoms with Gasteiger partial charge in [0, 0.05) is 6.07 Å². The number of aromatic nitrogens is 1. The summed E-state index contributed by atoms with van der Waals surface area (Å²) in [7, 11) is 0. The van der Waals surface area contributed by atoms with Gasteiger partial charge in [-0.05, 0) is 19.8 Å². The van der Waals surface area contributed by atoms with E-state index >= 15 is 0 Å². The Morgan fingerprint density at radius 3 is 2.57 bits per heavy atom. The molecule has 21 heavy (non-hydrogen) atoms. The van der Waals surface area contributed by atoms with Gasteiger partial charge in [-0.2, -0.15) is 0 Å². The molecular weight excluding hydrogens is 298 g/mol. The van der Waals surface area contributed by atoms with E-state index in [-0.39, 0.29) is 23.3 Å². The Morgan fingerprint density at radius 1 is 1.38 bits per heavy atom. The maximum Gasteiger partial charge on any atom is 0.329 e. The second-order valence-corrected chi connectivity index (χ2v) is 5.78. The van der Waals surface area contributed by atoms with Gasteiger partial charge in [0.25, 0.3) is 0 Å². The molecular formula is C12H15N3O5S. The molecule has 8 nitrogen and oxygen atoms in total. The molecule has 0 bridgehead atoms. The summed E-state index contributed by atoms with van der Waals surface area (Å²) in [6.07, 6.45) is 0.898. The molecule has 1 aliphatic carbocycles. The highest BCUT2D eigenvalue weighted by Crippen LogP contribution is 2.35. The van der Waals surface area contributed by atoms with E-state index in [0.29, 0.717) is 24.4 Å². The van der Waals surface area contributed by atoms with Gasteiger partial charge in [0.05, 0.1) is 11.5 Å². The van der Waals surface area contributed by atoms with Crippen molar-refractivity contribution in [3.05, 3.63) is 11.8 Å². The molecule has 0 saturated heterocycles. The highest BCUT2D eigenvalue weighted by atomic mass is 32.2. The maximum absolute atomic E-state index is 11.6. The highest BCUT2D eigenvalue weighted by Gasteiger charge is 2.51. The molecule has 1 fully saturated rings. The van der Waals surface area contributed by atoms with Crippen LogP contribution in [-0.4, -0.2) is 45.1 Å². The fourth-order valence-corrected chi connectivity index (χ4v) is 2.28. The molecule has 1 saturated carbocycles. The van der Waals surface area contributed by atoms with Crippen LogP contribution in [-0.2, 0) is 14.4 Å². The Hall–Kier alpha value is -2.03. The van der Waals surface area contributed by atoms with E-state index < -0.39 is 11.5 Å². The number of thioether (sulfide) groups is 1. The average molecular weight is 313 g/mol. The number of hydrogen-bond donors (Lipinski definition) is 3. The van der Waals surface area contributed by atoms with Crippen molar-refractivity contribution < 1.29 is 24.0 Å². The van der Waals surface area contributed by atoms with Crippen LogP contribution in [0.3, 0.4) is 0 Å². The van der Waals surface area contributed by atoms with Crippen molar-refractivity contribution in [2.45, 2.75) is 25.3 Å². The number of aliphatic carboxylic acids is 1. The minimum atomic E-state index is -1.09. The number of aryl methyl sites for hydroxylation is 1. The SMILES string of the molecule is Cc1cc(NC(=O)CSCC(=O)NC2(C(=O)O)CC2)no1. The number of carboxylic acid groups (broad SMARTS) is 1. The van der Waals surface area contributed by atoms with Crippen molar-refractivity contribution in [2.24, 2.45) is 0 Å². The summed E-state index contributed by atoms with van der Waals surface area (Å²) in [6.45, 7) is 1.71. The summed E-state index contributed by atoms with van der Waals surface area (Å²) >= 11 is 1.10. The lowest BCUT2D eigenvalue weighted by atomic mass is 10.3. The van der Waals surface area contributed by atoms with E-state index in [4.69, 9.17) is 9.63 Å². The van der Waals surface area contributed by atoms with Crippen LogP contribution in [0.25, 0.3) is 0 Å². The summed E-state index contributed by atoms with van der Waals surface area (Å²) in [6, 6.07) is 1.58. The maximum atomic E-state index is 11.6. The zero-order chi connectivity index (χ0) is 15.5. The Bertz CT molecular complexity index is 567. The van der Waals surface area contributed by atoms with Gasteiger partial charge in [-0.15, -0.1) is 11.8 Å². The Balaban J connectivity index is 1.66. The van der Waals surface area contributed by atoms with Crippen molar-refractivity contribution in [3.63, 3.8) is 0 Å². The number of nitrogens with zero attached hydrogens (tertiary/aromatic N) is 1. The molecule has 114 valence electrons. The fraction of sp³-hybridized carbons (Fsp3) is 0.500. The standard InChI is InChI=1S/C12H15N3O5S/c1-7-4-8(15-20-7)13-9(16)5-21-6-10(17)14-12(2-3-12)11(18)19/h4H,2-3,5-6H2,1H3,(H,14,17)(H,18,19)(H,13,15,16). The quantitative estimate of drug-likeness (QED) is 0.665. The molecule has 0 spiro atoms. The van der Waals surface area contributed by atoms with Gasteiger partial charge in [-0.1, -0.05) is 5.16 Å². The smallest absolute Gasteiger partial charge is 0.329 e. The lowest BCUT2D eigenvalue weighted by Gasteiger charge is -2.11. The first-order valence-electron chi connectivity index (χ1n) is 6.27. The average Bonchev–Trinajstić information content (AvgIpc) is 3.06. The molecule has 0 unspecified atom stereocenters. The second kappa shape index (κ2) is 6.17. The van der Waals surface area contributed by atoms with Gasteiger partial charge in [0.2, 0.25) is 11.8 Å². The van der Waals surface area contributed by atoms with Crippen LogP contribution in [0.2, 0.25) is 0 Å². The molecule has 0 atom stereocenters. The van der Waals surface area contributed by atoms with Gasteiger partial charge in [-0.3, -0.25) is 9.59 Å². The Kier molecular flexibility index (Phi) is 4.51. The van der Waals surface area contributed by atoms with Crippen molar-refractivity contribution in [2.75, 3.05) is 16.8 Å². The van der Waals surface area contributed by atoms with Crippen molar-refractivity contribution >= 4 is 35.4 Å². The van der Waals surface area contributed by atoms with E-state index in [0.717, 1.165) is 11.8 Å². The van der Waals surface area contributed by atoms with Crippen LogP contribution in [0.1, 0.15) is 18.6 Å². The first-order valence-corrected chi connectivity index (χ1v) is 7.42. The molecule has 3 N–H and O–H groups in total. The van der Waals surface area contributed by atoms with Gasteiger partial charge in [0.15, 0.2) is 5.82 Å². The number of hydrogen-bond acceptors (Lipinski definition) is 6. The van der Waals surface area contributed by atoms with Gasteiger partial charge in [0.1, 0.15) is 11.3 Å². The van der Waals surface area contributed by atoms with Gasteiger partial charge in [-0.25, -0.2) is 4.79 Å². The number of anilines is 1. The first kappa shape index (κ1) is 15.4. The Morgan fingerprint density at radius 2 is 2.05 bits per heavy atom. The van der Waals surface area contributed by atoms with Crippen molar-refractivity contribution in [3.8, 4) is 0 Å². The van der Waals surface area contributed by atoms with Crippen LogP contribution in [0.4, 0.5) is 5.82 Å². The minimum absolute atomic E-state index is 0.0281. The zero-order valence-electron chi connectivity index (χ0n) is 11.3. The molecule has 1 aromatic heterocycles. The van der Waals surface area contributed by atoms with Crippen molar-refractivity contribution in [1.82, 2.24) is 10.5 Å². The lowest BCUT2D eigenvalue weighted by Crippen LogP contribution is -2.44. The zero-order valence-corrected chi connectivity index (χ0v) is 12.2. The van der Waals surface area contributed by atoms with Crippen LogP contribution >= 0.6 is 11.8 Å². The fourth-order valence-electron chi connectivity index (χ4n) is 1.66. The number of nitrogens with one attached hydrogen (secondary N) is 2. The highest BCUT2D eigenvalue weighted by molar-refractivity contribution is 8.00. The summed E-state index contributed by atoms with van der Waals surface area (Å²) in [4.78, 5) is 34.1. The van der Waals surface area contributed by atoms with Crippen LogP contribution < -0.4 is 10.6 Å². The predicted octanol–water partition coefficient (Wildman–Crippen LogP) is 0.388. The number of carboxylic acids is 1. The van der Waals surface area contributed by atoms with Crippen LogP contribution in [0.5, 0.6) is 0 Å². The largest absolute Gasteiger partial charge is 0.480 e. The molecule has 9 heteroatoms. The summed E-state index contributed by atoms with van der Waals surface area (Å²) in [5.74, 6) is -0.698. The van der Waals surface area contributed by atoms with E-state index in [9.17, 15) is 14.4 Å². The van der Waals surface area contributed by atoms with E-state index in [1.54, 1.807) is 13.0 Å². The normalized spacial score (nSPS) is 15.3.